The van der Waals surface area contributed by atoms with E-state index in [0.717, 1.165) is 52.7 Å². The quantitative estimate of drug-likeness (QED) is 0.526. The zero-order valence-corrected chi connectivity index (χ0v) is 22.8. The molecule has 0 atom stereocenters. The third-order valence-corrected chi connectivity index (χ3v) is 7.65. The van der Waals surface area contributed by atoms with Gasteiger partial charge in [-0.1, -0.05) is 22.0 Å². The molecule has 1 aliphatic heterocycles. The van der Waals surface area contributed by atoms with Crippen LogP contribution in [0.15, 0.2) is 34.8 Å². The Morgan fingerprint density at radius 1 is 1.08 bits per heavy atom. The Balaban J connectivity index is 1.36. The summed E-state index contributed by atoms with van der Waals surface area (Å²) in [6, 6.07) is 9.37. The number of rotatable bonds is 7. The topological polar surface area (TPSA) is 91.0 Å². The third kappa shape index (κ3) is 5.73. The second kappa shape index (κ2) is 11.0. The Hall–Kier alpha value is -2.91. The van der Waals surface area contributed by atoms with E-state index in [9.17, 15) is 14.4 Å². The highest BCUT2D eigenvalue weighted by atomic mass is 79.9. The predicted octanol–water partition coefficient (Wildman–Crippen LogP) is 4.42. The van der Waals surface area contributed by atoms with Gasteiger partial charge >= 0.3 is 0 Å². The molecule has 0 saturated heterocycles. The fourth-order valence-corrected chi connectivity index (χ4v) is 5.62. The van der Waals surface area contributed by atoms with Crippen LogP contribution in [-0.2, 0) is 16.1 Å². The van der Waals surface area contributed by atoms with Crippen LogP contribution in [0, 0.1) is 12.8 Å². The first-order valence-electron chi connectivity index (χ1n) is 12.2. The SMILES string of the molecule is COc1cc(NC(=O)C2CCC(N3Cc4c(Br)cc(NC(=O)CN(C)C)cc4C3=O)CC2)ccc1C. The van der Waals surface area contributed by atoms with Crippen molar-refractivity contribution in [1.82, 2.24) is 9.80 Å². The summed E-state index contributed by atoms with van der Waals surface area (Å²) in [5.74, 6) is 0.522. The van der Waals surface area contributed by atoms with Crippen molar-refractivity contribution in [1.29, 1.82) is 0 Å². The Morgan fingerprint density at radius 3 is 2.47 bits per heavy atom. The molecule has 3 amide bonds. The molecule has 9 heteroatoms. The number of fused-ring (bicyclic) bond motifs is 1. The number of ether oxygens (including phenoxy) is 1. The van der Waals surface area contributed by atoms with Crippen LogP contribution in [0.5, 0.6) is 5.75 Å². The van der Waals surface area contributed by atoms with Gasteiger partial charge < -0.3 is 25.2 Å². The summed E-state index contributed by atoms with van der Waals surface area (Å²) in [4.78, 5) is 42.1. The number of amides is 3. The van der Waals surface area contributed by atoms with E-state index in [-0.39, 0.29) is 36.2 Å². The summed E-state index contributed by atoms with van der Waals surface area (Å²) in [7, 11) is 5.28. The molecule has 36 heavy (non-hydrogen) atoms. The third-order valence-electron chi connectivity index (χ3n) is 6.94. The van der Waals surface area contributed by atoms with Gasteiger partial charge in [-0.25, -0.2) is 0 Å². The molecular weight excluding hydrogens is 524 g/mol. The lowest BCUT2D eigenvalue weighted by Crippen LogP contribution is -2.40. The molecule has 4 rings (SSSR count). The van der Waals surface area contributed by atoms with Gasteiger partial charge in [-0.3, -0.25) is 14.4 Å². The van der Waals surface area contributed by atoms with Crippen LogP contribution in [0.2, 0.25) is 0 Å². The Bertz CT molecular complexity index is 1170. The van der Waals surface area contributed by atoms with Gasteiger partial charge in [-0.15, -0.1) is 0 Å². The van der Waals surface area contributed by atoms with Gasteiger partial charge in [0.1, 0.15) is 5.75 Å². The zero-order chi connectivity index (χ0) is 26.0. The maximum absolute atomic E-state index is 13.3. The highest BCUT2D eigenvalue weighted by Gasteiger charge is 2.37. The number of hydrogen-bond acceptors (Lipinski definition) is 5. The molecule has 2 aromatic carbocycles. The number of likely N-dealkylation sites (N-methyl/N-ethyl adjacent to an activating group) is 1. The minimum atomic E-state index is -0.130. The minimum absolute atomic E-state index is 0.0104. The predicted molar refractivity (Wildman–Crippen MR) is 143 cm³/mol. The van der Waals surface area contributed by atoms with Gasteiger partial charge in [-0.05, 0) is 76.0 Å². The van der Waals surface area contributed by atoms with Crippen molar-refractivity contribution in [2.75, 3.05) is 38.4 Å². The molecule has 192 valence electrons. The summed E-state index contributed by atoms with van der Waals surface area (Å²) in [5.41, 5.74) is 3.92. The van der Waals surface area contributed by atoms with Crippen molar-refractivity contribution in [2.45, 2.75) is 45.2 Å². The first kappa shape index (κ1) is 26.2. The number of nitrogens with one attached hydrogen (secondary N) is 2. The average molecular weight is 557 g/mol. The van der Waals surface area contributed by atoms with Crippen LogP contribution in [0.1, 0.15) is 47.2 Å². The van der Waals surface area contributed by atoms with Gasteiger partial charge in [-0.2, -0.15) is 0 Å². The molecule has 1 saturated carbocycles. The van der Waals surface area contributed by atoms with Gasteiger partial charge in [0.2, 0.25) is 11.8 Å². The van der Waals surface area contributed by atoms with Crippen molar-refractivity contribution in [3.05, 3.63) is 51.5 Å². The van der Waals surface area contributed by atoms with E-state index >= 15 is 0 Å². The summed E-state index contributed by atoms with van der Waals surface area (Å²) < 4.78 is 6.17. The van der Waals surface area contributed by atoms with Gasteiger partial charge in [0, 0.05) is 46.0 Å². The van der Waals surface area contributed by atoms with Crippen LogP contribution in [-0.4, -0.2) is 61.3 Å². The molecule has 0 radical (unpaired) electrons. The number of nitrogens with zero attached hydrogens (tertiary/aromatic N) is 2. The van der Waals surface area contributed by atoms with E-state index in [1.165, 1.54) is 0 Å². The normalized spacial score (nSPS) is 19.3. The molecular formula is C27H33BrN4O4. The van der Waals surface area contributed by atoms with Crippen LogP contribution in [0.25, 0.3) is 0 Å². The maximum atomic E-state index is 13.3. The molecule has 8 nitrogen and oxygen atoms in total. The highest BCUT2D eigenvalue weighted by Crippen LogP contribution is 2.37. The number of methoxy groups -OCH3 is 1. The van der Waals surface area contributed by atoms with Crippen molar-refractivity contribution in [2.24, 2.45) is 5.92 Å². The molecule has 0 spiro atoms. The molecule has 1 fully saturated rings. The largest absolute Gasteiger partial charge is 0.496 e. The number of aryl methyl sites for hydroxylation is 1. The molecule has 2 aromatic rings. The number of anilines is 2. The Kier molecular flexibility index (Phi) is 8.00. The van der Waals surface area contributed by atoms with Crippen molar-refractivity contribution in [3.63, 3.8) is 0 Å². The fraction of sp³-hybridized carbons (Fsp3) is 0.444. The minimum Gasteiger partial charge on any atom is -0.496 e. The van der Waals surface area contributed by atoms with Crippen LogP contribution in [0.4, 0.5) is 11.4 Å². The Morgan fingerprint density at radius 2 is 1.81 bits per heavy atom. The number of carbonyl (C=O) groups is 3. The summed E-state index contributed by atoms with van der Waals surface area (Å²) in [6.45, 7) is 2.76. The summed E-state index contributed by atoms with van der Waals surface area (Å²) in [6.07, 6.45) is 3.01. The standard InChI is InChI=1S/C27H33BrN4O4/c1-16-5-8-18(13-24(16)36-4)30-26(34)17-6-9-20(10-7-17)32-14-22-21(27(32)35)11-19(12-23(22)28)29-25(33)15-31(2)3/h5,8,11-13,17,20H,6-7,9-10,14-15H2,1-4H3,(H,29,33)(H,30,34). The maximum Gasteiger partial charge on any atom is 0.254 e. The van der Waals surface area contributed by atoms with Crippen LogP contribution >= 0.6 is 15.9 Å². The lowest BCUT2D eigenvalue weighted by Gasteiger charge is -2.34. The van der Waals surface area contributed by atoms with Crippen LogP contribution in [0.3, 0.4) is 0 Å². The molecule has 0 bridgehead atoms. The van der Waals surface area contributed by atoms with Crippen LogP contribution < -0.4 is 15.4 Å². The summed E-state index contributed by atoms with van der Waals surface area (Å²) >= 11 is 3.59. The molecule has 0 unspecified atom stereocenters. The highest BCUT2D eigenvalue weighted by molar-refractivity contribution is 9.10. The van der Waals surface area contributed by atoms with Crippen molar-refractivity contribution in [3.8, 4) is 5.75 Å². The number of halogens is 1. The fourth-order valence-electron chi connectivity index (χ4n) is 5.03. The number of hydrogen-bond donors (Lipinski definition) is 2. The summed E-state index contributed by atoms with van der Waals surface area (Å²) in [5, 5.41) is 5.89. The zero-order valence-electron chi connectivity index (χ0n) is 21.2. The average Bonchev–Trinajstić information content (AvgIpc) is 3.16. The first-order valence-corrected chi connectivity index (χ1v) is 13.0. The second-order valence-electron chi connectivity index (χ2n) is 9.88. The van der Waals surface area contributed by atoms with Gasteiger partial charge in [0.15, 0.2) is 0 Å². The first-order chi connectivity index (χ1) is 17.2. The second-order valence-corrected chi connectivity index (χ2v) is 10.7. The van der Waals surface area contributed by atoms with E-state index in [1.807, 2.05) is 50.2 Å². The van der Waals surface area contributed by atoms with Gasteiger partial charge in [0.25, 0.3) is 5.91 Å². The molecule has 1 heterocycles. The molecule has 2 N–H and O–H groups in total. The number of carbonyl (C=O) groups excluding carboxylic acids is 3. The van der Waals surface area contributed by atoms with E-state index in [1.54, 1.807) is 18.1 Å². The van der Waals surface area contributed by atoms with Crippen molar-refractivity contribution >= 4 is 45.0 Å². The monoisotopic (exact) mass is 556 g/mol. The molecule has 1 aliphatic carbocycles. The van der Waals surface area contributed by atoms with Gasteiger partial charge in [0.05, 0.1) is 13.7 Å². The van der Waals surface area contributed by atoms with E-state index in [2.05, 4.69) is 26.6 Å². The van der Waals surface area contributed by atoms with E-state index < -0.39 is 0 Å². The molecule has 0 aromatic heterocycles. The van der Waals surface area contributed by atoms with E-state index in [4.69, 9.17) is 4.74 Å². The lowest BCUT2D eigenvalue weighted by molar-refractivity contribution is -0.121. The van der Waals surface area contributed by atoms with E-state index in [0.29, 0.717) is 17.8 Å². The Labute approximate surface area is 220 Å². The van der Waals surface area contributed by atoms with Crippen molar-refractivity contribution < 1.29 is 19.1 Å². The molecule has 2 aliphatic rings. The smallest absolute Gasteiger partial charge is 0.254 e. The number of benzene rings is 2. The lowest BCUT2D eigenvalue weighted by atomic mass is 9.84.